The van der Waals surface area contributed by atoms with E-state index >= 15 is 0 Å². The smallest absolute Gasteiger partial charge is 0.313 e. The molecule has 0 unspecified atom stereocenters. The van der Waals surface area contributed by atoms with Gasteiger partial charge in [0.15, 0.2) is 0 Å². The van der Waals surface area contributed by atoms with E-state index in [-0.39, 0.29) is 31.1 Å². The molecule has 1 aliphatic rings. The Morgan fingerprint density at radius 3 is 2.07 bits per heavy atom. The van der Waals surface area contributed by atoms with Gasteiger partial charge in [-0.15, -0.1) is 0 Å². The molecule has 0 spiro atoms. The zero-order chi connectivity index (χ0) is 20.3. The lowest BCUT2D eigenvalue weighted by Gasteiger charge is -2.33. The van der Waals surface area contributed by atoms with Crippen molar-refractivity contribution in [2.24, 2.45) is 0 Å². The Kier molecular flexibility index (Phi) is 5.97. The zero-order valence-corrected chi connectivity index (χ0v) is 16.2. The molecule has 10 heteroatoms. The number of halogens is 2. The molecule has 1 heterocycles. The predicted octanol–water partition coefficient (Wildman–Crippen LogP) is 1.95. The SMILES string of the molecule is O=C(Nc1ccc(Cl)cc1)C(=O)N1CCN(S(=O)(=O)c2ccc(F)cc2)CC1. The highest BCUT2D eigenvalue weighted by atomic mass is 35.5. The van der Waals surface area contributed by atoms with Gasteiger partial charge >= 0.3 is 11.8 Å². The number of carbonyl (C=O) groups excluding carboxylic acids is 2. The summed E-state index contributed by atoms with van der Waals surface area (Å²) in [6.45, 7) is 0.236. The van der Waals surface area contributed by atoms with Crippen LogP contribution < -0.4 is 5.32 Å². The Labute approximate surface area is 166 Å². The largest absolute Gasteiger partial charge is 0.332 e. The fourth-order valence-corrected chi connectivity index (χ4v) is 4.30. The molecule has 2 amide bonds. The van der Waals surface area contributed by atoms with Crippen LogP contribution >= 0.6 is 11.6 Å². The molecule has 1 N–H and O–H groups in total. The van der Waals surface area contributed by atoms with Gasteiger partial charge in [-0.1, -0.05) is 11.6 Å². The maximum absolute atomic E-state index is 13.0. The zero-order valence-electron chi connectivity index (χ0n) is 14.6. The van der Waals surface area contributed by atoms with Crippen LogP contribution in [0.3, 0.4) is 0 Å². The fraction of sp³-hybridized carbons (Fsp3) is 0.222. The maximum atomic E-state index is 13.0. The molecule has 2 aromatic carbocycles. The quantitative estimate of drug-likeness (QED) is 0.761. The summed E-state index contributed by atoms with van der Waals surface area (Å²) >= 11 is 5.77. The van der Waals surface area contributed by atoms with Gasteiger partial charge in [0.2, 0.25) is 10.0 Å². The summed E-state index contributed by atoms with van der Waals surface area (Å²) in [6, 6.07) is 10.9. The molecule has 0 aliphatic carbocycles. The Morgan fingerprint density at radius 1 is 0.929 bits per heavy atom. The maximum Gasteiger partial charge on any atom is 0.313 e. The minimum absolute atomic E-state index is 0.0193. The number of rotatable bonds is 3. The van der Waals surface area contributed by atoms with Crippen molar-refractivity contribution in [1.82, 2.24) is 9.21 Å². The number of nitrogens with zero attached hydrogens (tertiary/aromatic N) is 2. The second kappa shape index (κ2) is 8.26. The summed E-state index contributed by atoms with van der Waals surface area (Å²) < 4.78 is 39.4. The van der Waals surface area contributed by atoms with E-state index in [1.807, 2.05) is 0 Å². The van der Waals surface area contributed by atoms with Crippen molar-refractivity contribution in [2.45, 2.75) is 4.90 Å². The molecular formula is C18H17ClFN3O4S. The van der Waals surface area contributed by atoms with Gasteiger partial charge in [-0.05, 0) is 48.5 Å². The number of piperazine rings is 1. The van der Waals surface area contributed by atoms with E-state index in [9.17, 15) is 22.4 Å². The van der Waals surface area contributed by atoms with E-state index < -0.39 is 27.7 Å². The number of carbonyl (C=O) groups is 2. The van der Waals surface area contributed by atoms with Crippen molar-refractivity contribution < 1.29 is 22.4 Å². The summed E-state index contributed by atoms with van der Waals surface area (Å²) in [5, 5.41) is 2.99. The van der Waals surface area contributed by atoms with Gasteiger partial charge in [0.25, 0.3) is 0 Å². The topological polar surface area (TPSA) is 86.8 Å². The second-order valence-electron chi connectivity index (χ2n) is 6.11. The van der Waals surface area contributed by atoms with Gasteiger partial charge in [-0.25, -0.2) is 12.8 Å². The van der Waals surface area contributed by atoms with Crippen LogP contribution in [0.15, 0.2) is 53.4 Å². The van der Waals surface area contributed by atoms with Crippen LogP contribution in [0, 0.1) is 5.82 Å². The molecule has 0 saturated carbocycles. The average Bonchev–Trinajstić information content (AvgIpc) is 2.69. The van der Waals surface area contributed by atoms with E-state index in [0.29, 0.717) is 10.7 Å². The average molecular weight is 426 g/mol. The Hall–Kier alpha value is -2.49. The van der Waals surface area contributed by atoms with Gasteiger partial charge in [0.1, 0.15) is 5.82 Å². The third-order valence-corrected chi connectivity index (χ3v) is 6.44. The first-order valence-electron chi connectivity index (χ1n) is 8.39. The molecule has 3 rings (SSSR count). The van der Waals surface area contributed by atoms with Gasteiger partial charge in [0, 0.05) is 36.9 Å². The molecular weight excluding hydrogens is 409 g/mol. The molecule has 0 atom stereocenters. The van der Waals surface area contributed by atoms with Crippen molar-refractivity contribution >= 4 is 39.1 Å². The number of anilines is 1. The molecule has 0 aromatic heterocycles. The van der Waals surface area contributed by atoms with Crippen LogP contribution in [0.5, 0.6) is 0 Å². The van der Waals surface area contributed by atoms with E-state index in [0.717, 1.165) is 12.1 Å². The number of hydrogen-bond acceptors (Lipinski definition) is 4. The molecule has 1 saturated heterocycles. The number of sulfonamides is 1. The van der Waals surface area contributed by atoms with Gasteiger partial charge < -0.3 is 10.2 Å². The summed E-state index contributed by atoms with van der Waals surface area (Å²) in [6.07, 6.45) is 0. The molecule has 0 radical (unpaired) electrons. The summed E-state index contributed by atoms with van der Waals surface area (Å²) in [5.41, 5.74) is 0.431. The van der Waals surface area contributed by atoms with Crippen LogP contribution in [-0.4, -0.2) is 55.6 Å². The van der Waals surface area contributed by atoms with E-state index in [2.05, 4.69) is 5.32 Å². The third kappa shape index (κ3) is 4.49. The van der Waals surface area contributed by atoms with Gasteiger partial charge in [0.05, 0.1) is 4.90 Å². The summed E-state index contributed by atoms with van der Waals surface area (Å²) in [5.74, 6) is -2.08. The highest BCUT2D eigenvalue weighted by molar-refractivity contribution is 7.89. The monoisotopic (exact) mass is 425 g/mol. The minimum atomic E-state index is -3.79. The Balaban J connectivity index is 1.59. The Bertz CT molecular complexity index is 973. The molecule has 1 fully saturated rings. The lowest BCUT2D eigenvalue weighted by Crippen LogP contribution is -2.52. The van der Waals surface area contributed by atoms with Crippen molar-refractivity contribution in [2.75, 3.05) is 31.5 Å². The molecule has 2 aromatic rings. The lowest BCUT2D eigenvalue weighted by molar-refractivity contribution is -0.143. The number of hydrogen-bond donors (Lipinski definition) is 1. The van der Waals surface area contributed by atoms with E-state index in [4.69, 9.17) is 11.6 Å². The van der Waals surface area contributed by atoms with Crippen LogP contribution in [0.1, 0.15) is 0 Å². The minimum Gasteiger partial charge on any atom is -0.332 e. The third-order valence-electron chi connectivity index (χ3n) is 4.27. The first kappa shape index (κ1) is 20.2. The van der Waals surface area contributed by atoms with Gasteiger partial charge in [-0.3, -0.25) is 9.59 Å². The van der Waals surface area contributed by atoms with Crippen LogP contribution in [0.25, 0.3) is 0 Å². The lowest BCUT2D eigenvalue weighted by atomic mass is 10.3. The first-order chi connectivity index (χ1) is 13.3. The van der Waals surface area contributed by atoms with Crippen molar-refractivity contribution in [3.63, 3.8) is 0 Å². The van der Waals surface area contributed by atoms with Crippen LogP contribution in [-0.2, 0) is 19.6 Å². The standard InChI is InChI=1S/C18H17ClFN3O4S/c19-13-1-5-15(6-2-13)21-17(24)18(25)22-9-11-23(12-10-22)28(26,27)16-7-3-14(20)4-8-16/h1-8H,9-12H2,(H,21,24). The van der Waals surface area contributed by atoms with E-state index in [1.54, 1.807) is 24.3 Å². The first-order valence-corrected chi connectivity index (χ1v) is 10.2. The summed E-state index contributed by atoms with van der Waals surface area (Å²) in [7, 11) is -3.79. The van der Waals surface area contributed by atoms with Crippen molar-refractivity contribution in [1.29, 1.82) is 0 Å². The predicted molar refractivity (Wildman–Crippen MR) is 102 cm³/mol. The molecule has 148 valence electrons. The second-order valence-corrected chi connectivity index (χ2v) is 8.49. The highest BCUT2D eigenvalue weighted by Crippen LogP contribution is 2.18. The number of benzene rings is 2. The molecule has 1 aliphatic heterocycles. The van der Waals surface area contributed by atoms with Crippen molar-refractivity contribution in [3.05, 3.63) is 59.4 Å². The molecule has 28 heavy (non-hydrogen) atoms. The van der Waals surface area contributed by atoms with Crippen LogP contribution in [0.4, 0.5) is 10.1 Å². The Morgan fingerprint density at radius 2 is 1.50 bits per heavy atom. The van der Waals surface area contributed by atoms with Crippen LogP contribution in [0.2, 0.25) is 5.02 Å². The number of nitrogens with one attached hydrogen (secondary N) is 1. The summed E-state index contributed by atoms with van der Waals surface area (Å²) in [4.78, 5) is 25.7. The fourth-order valence-electron chi connectivity index (χ4n) is 2.75. The van der Waals surface area contributed by atoms with Crippen molar-refractivity contribution in [3.8, 4) is 0 Å². The van der Waals surface area contributed by atoms with Gasteiger partial charge in [-0.2, -0.15) is 4.31 Å². The normalized spacial score (nSPS) is 15.3. The molecule has 0 bridgehead atoms. The highest BCUT2D eigenvalue weighted by Gasteiger charge is 2.32. The van der Waals surface area contributed by atoms with E-state index in [1.165, 1.54) is 21.3 Å². The molecule has 7 nitrogen and oxygen atoms in total. The number of amides is 2.